The molecule has 8 heteroatoms. The maximum absolute atomic E-state index is 12.1. The van der Waals surface area contributed by atoms with Crippen LogP contribution < -0.4 is 11.5 Å². The summed E-state index contributed by atoms with van der Waals surface area (Å²) >= 11 is 0. The maximum Gasteiger partial charge on any atom is 0.269 e. The molecule has 0 bridgehead atoms. The van der Waals surface area contributed by atoms with Gasteiger partial charge in [0.25, 0.3) is 5.91 Å². The summed E-state index contributed by atoms with van der Waals surface area (Å²) in [4.78, 5) is 23.4. The molecule has 0 saturated carbocycles. The number of nitrogens with one attached hydrogen (secondary N) is 1. The highest BCUT2D eigenvalue weighted by Crippen LogP contribution is 2.35. The van der Waals surface area contributed by atoms with Crippen LogP contribution in [-0.2, 0) is 6.54 Å². The number of benzene rings is 2. The number of primary amides is 1. The van der Waals surface area contributed by atoms with E-state index in [4.69, 9.17) is 16.5 Å². The van der Waals surface area contributed by atoms with Crippen molar-refractivity contribution >= 4 is 22.5 Å². The lowest BCUT2D eigenvalue weighted by Gasteiger charge is -2.14. The smallest absolute Gasteiger partial charge is 0.269 e. The van der Waals surface area contributed by atoms with Gasteiger partial charge in [0, 0.05) is 23.1 Å². The lowest BCUT2D eigenvalue weighted by atomic mass is 9.99. The lowest BCUT2D eigenvalue weighted by molar-refractivity contribution is 0.0996. The first-order valence-electron chi connectivity index (χ1n) is 9.49. The summed E-state index contributed by atoms with van der Waals surface area (Å²) in [7, 11) is 4.01. The third-order valence-electron chi connectivity index (χ3n) is 4.93. The van der Waals surface area contributed by atoms with Crippen LogP contribution in [0, 0.1) is 6.92 Å². The Labute approximate surface area is 173 Å². The molecule has 1 amide bonds. The van der Waals surface area contributed by atoms with E-state index in [1.807, 2.05) is 57.4 Å². The van der Waals surface area contributed by atoms with Crippen LogP contribution in [0.5, 0.6) is 0 Å². The van der Waals surface area contributed by atoms with Crippen LogP contribution in [0.15, 0.2) is 42.6 Å². The third-order valence-corrected chi connectivity index (χ3v) is 4.93. The summed E-state index contributed by atoms with van der Waals surface area (Å²) in [5, 5.41) is 7.95. The van der Waals surface area contributed by atoms with E-state index in [0.29, 0.717) is 11.5 Å². The fraction of sp³-hybridized carbons (Fsp3) is 0.182. The number of hydrogen-bond donors (Lipinski definition) is 3. The fourth-order valence-electron chi connectivity index (χ4n) is 3.59. The van der Waals surface area contributed by atoms with Crippen molar-refractivity contribution in [2.24, 2.45) is 5.73 Å². The van der Waals surface area contributed by atoms with Gasteiger partial charge in [-0.25, -0.2) is 9.97 Å². The van der Waals surface area contributed by atoms with Crippen molar-refractivity contribution < 1.29 is 4.79 Å². The van der Waals surface area contributed by atoms with E-state index in [1.165, 1.54) is 0 Å². The number of nitrogens with zero attached hydrogens (tertiary/aromatic N) is 4. The number of nitrogen functional groups attached to an aromatic ring is 1. The Morgan fingerprint density at radius 3 is 2.70 bits per heavy atom. The Morgan fingerprint density at radius 2 is 1.97 bits per heavy atom. The van der Waals surface area contributed by atoms with Crippen LogP contribution in [0.2, 0.25) is 0 Å². The molecule has 0 aliphatic heterocycles. The summed E-state index contributed by atoms with van der Waals surface area (Å²) in [6.45, 7) is 2.73. The highest BCUT2D eigenvalue weighted by Gasteiger charge is 2.21. The summed E-state index contributed by atoms with van der Waals surface area (Å²) < 4.78 is 0. The third kappa shape index (κ3) is 3.48. The molecular weight excluding hydrogens is 378 g/mol. The molecule has 4 aromatic rings. The second kappa shape index (κ2) is 7.57. The number of amides is 1. The Hall–Kier alpha value is -3.78. The van der Waals surface area contributed by atoms with Crippen LogP contribution in [0.25, 0.3) is 33.5 Å². The topological polar surface area (TPSA) is 127 Å². The van der Waals surface area contributed by atoms with Gasteiger partial charge in [0.2, 0.25) is 0 Å². The molecule has 0 spiro atoms. The van der Waals surface area contributed by atoms with Gasteiger partial charge in [0.05, 0.1) is 23.1 Å². The van der Waals surface area contributed by atoms with E-state index >= 15 is 0 Å². The van der Waals surface area contributed by atoms with E-state index in [2.05, 4.69) is 20.1 Å². The van der Waals surface area contributed by atoms with E-state index in [0.717, 1.165) is 39.7 Å². The minimum absolute atomic E-state index is 0.00732. The number of carbonyl (C=O) groups excluding carboxylic acids is 1. The monoisotopic (exact) mass is 401 g/mol. The molecule has 5 N–H and O–H groups in total. The van der Waals surface area contributed by atoms with Crippen LogP contribution >= 0.6 is 0 Å². The predicted molar refractivity (Wildman–Crippen MR) is 118 cm³/mol. The molecule has 2 heterocycles. The number of carbonyl (C=O) groups is 1. The summed E-state index contributed by atoms with van der Waals surface area (Å²) in [6.07, 6.45) is 1.72. The van der Waals surface area contributed by atoms with E-state index in [-0.39, 0.29) is 11.4 Å². The first kappa shape index (κ1) is 19.5. The summed E-state index contributed by atoms with van der Waals surface area (Å²) in [5.41, 5.74) is 17.1. The molecule has 2 aromatic carbocycles. The summed E-state index contributed by atoms with van der Waals surface area (Å²) in [6, 6.07) is 11.8. The minimum Gasteiger partial charge on any atom is -0.395 e. The Morgan fingerprint density at radius 1 is 1.17 bits per heavy atom. The van der Waals surface area contributed by atoms with Crippen molar-refractivity contribution in [3.05, 3.63) is 59.4 Å². The zero-order chi connectivity index (χ0) is 21.4. The normalized spacial score (nSPS) is 11.3. The van der Waals surface area contributed by atoms with Crippen molar-refractivity contribution in [3.63, 3.8) is 0 Å². The van der Waals surface area contributed by atoms with Gasteiger partial charge >= 0.3 is 0 Å². The van der Waals surface area contributed by atoms with Crippen LogP contribution in [-0.4, -0.2) is 45.1 Å². The second-order valence-corrected chi connectivity index (χ2v) is 7.55. The Kier molecular flexibility index (Phi) is 4.93. The van der Waals surface area contributed by atoms with Gasteiger partial charge < -0.3 is 16.4 Å². The molecular formula is C22H23N7O. The number of H-pyrrole nitrogens is 1. The number of rotatable bonds is 5. The van der Waals surface area contributed by atoms with Crippen molar-refractivity contribution in [1.82, 2.24) is 25.1 Å². The highest BCUT2D eigenvalue weighted by atomic mass is 16.1. The molecule has 152 valence electrons. The first-order valence-corrected chi connectivity index (χ1v) is 9.49. The Bertz CT molecular complexity index is 1260. The van der Waals surface area contributed by atoms with Gasteiger partial charge in [-0.05, 0) is 44.3 Å². The number of nitrogens with two attached hydrogens (primary N) is 2. The molecule has 30 heavy (non-hydrogen) atoms. The van der Waals surface area contributed by atoms with E-state index in [9.17, 15) is 4.79 Å². The predicted octanol–water partition coefficient (Wildman–Crippen LogP) is 2.74. The van der Waals surface area contributed by atoms with Gasteiger partial charge in [-0.2, -0.15) is 5.10 Å². The number of aromatic nitrogens is 4. The zero-order valence-corrected chi connectivity index (χ0v) is 17.1. The highest BCUT2D eigenvalue weighted by molar-refractivity contribution is 6.04. The molecule has 2 aromatic heterocycles. The molecule has 0 aliphatic carbocycles. The molecule has 0 aliphatic rings. The number of anilines is 1. The standard InChI is InChI=1S/C22H23N7O/c1-12-7-8-16-15(10-25-28-16)17(12)19-18(23)20(21(24)30)27-22(26-19)14-6-4-5-13(9-14)11-29(2)3/h4-10H,11,23H2,1-3H3,(H2,24,30)(H,25,28). The first-order chi connectivity index (χ1) is 14.3. The number of hydrogen-bond acceptors (Lipinski definition) is 6. The van der Waals surface area contributed by atoms with Gasteiger partial charge in [0.1, 0.15) is 0 Å². The SMILES string of the molecule is Cc1ccc2[nH]ncc2c1-c1nc(-c2cccc(CN(C)C)c2)nc(C(N)=O)c1N. The molecule has 0 atom stereocenters. The van der Waals surface area contributed by atoms with Gasteiger partial charge in [-0.3, -0.25) is 9.89 Å². The molecule has 0 unspecified atom stereocenters. The van der Waals surface area contributed by atoms with Crippen molar-refractivity contribution in [3.8, 4) is 22.6 Å². The summed E-state index contributed by atoms with van der Waals surface area (Å²) in [5.74, 6) is -0.299. The van der Waals surface area contributed by atoms with Crippen molar-refractivity contribution in [1.29, 1.82) is 0 Å². The zero-order valence-electron chi connectivity index (χ0n) is 17.1. The number of aryl methyl sites for hydroxylation is 1. The van der Waals surface area contributed by atoms with Crippen LogP contribution in [0.4, 0.5) is 5.69 Å². The molecule has 0 fully saturated rings. The molecule has 8 nitrogen and oxygen atoms in total. The van der Waals surface area contributed by atoms with Crippen molar-refractivity contribution in [2.75, 3.05) is 19.8 Å². The van der Waals surface area contributed by atoms with Crippen LogP contribution in [0.1, 0.15) is 21.6 Å². The average molecular weight is 401 g/mol. The minimum atomic E-state index is -0.695. The van der Waals surface area contributed by atoms with Crippen molar-refractivity contribution in [2.45, 2.75) is 13.5 Å². The number of fused-ring (bicyclic) bond motifs is 1. The molecule has 0 saturated heterocycles. The number of aromatic amines is 1. The quantitative estimate of drug-likeness (QED) is 0.472. The van der Waals surface area contributed by atoms with E-state index < -0.39 is 5.91 Å². The average Bonchev–Trinajstić information content (AvgIpc) is 3.17. The lowest BCUT2D eigenvalue weighted by Crippen LogP contribution is -2.18. The van der Waals surface area contributed by atoms with Gasteiger partial charge in [0.15, 0.2) is 11.5 Å². The largest absolute Gasteiger partial charge is 0.395 e. The van der Waals surface area contributed by atoms with E-state index in [1.54, 1.807) is 6.20 Å². The Balaban J connectivity index is 1.97. The van der Waals surface area contributed by atoms with Gasteiger partial charge in [-0.1, -0.05) is 24.3 Å². The van der Waals surface area contributed by atoms with Crippen LogP contribution in [0.3, 0.4) is 0 Å². The second-order valence-electron chi connectivity index (χ2n) is 7.55. The van der Waals surface area contributed by atoms with Gasteiger partial charge in [-0.15, -0.1) is 0 Å². The fourth-order valence-corrected chi connectivity index (χ4v) is 3.59. The molecule has 4 rings (SSSR count). The maximum atomic E-state index is 12.1. The molecule has 0 radical (unpaired) electrons.